The fraction of sp³-hybridized carbons (Fsp3) is 0.500. The summed E-state index contributed by atoms with van der Waals surface area (Å²) in [6, 6.07) is 7.80. The molecule has 1 aromatic carbocycles. The Balaban J connectivity index is 1.95. The molecule has 0 atom stereocenters. The third kappa shape index (κ3) is 3.74. The van der Waals surface area contributed by atoms with Gasteiger partial charge in [0.05, 0.1) is 12.4 Å². The standard InChI is InChI=1S/C14H19ClN2/c15-13-8-4-5-11(9-13)10-17-14(16)12-6-2-1-3-7-12/h4-5,8-9,12H,1-3,6-7,10H2,(H2,16,17). The summed E-state index contributed by atoms with van der Waals surface area (Å²) in [7, 11) is 0. The Morgan fingerprint density at radius 3 is 2.76 bits per heavy atom. The van der Waals surface area contributed by atoms with Crippen molar-refractivity contribution >= 4 is 17.4 Å². The van der Waals surface area contributed by atoms with Gasteiger partial charge in [-0.15, -0.1) is 0 Å². The molecule has 1 aromatic rings. The van der Waals surface area contributed by atoms with Gasteiger partial charge in [-0.2, -0.15) is 0 Å². The van der Waals surface area contributed by atoms with Crippen LogP contribution >= 0.6 is 11.6 Å². The van der Waals surface area contributed by atoms with Gasteiger partial charge in [-0.05, 0) is 30.5 Å². The van der Waals surface area contributed by atoms with Crippen LogP contribution in [-0.4, -0.2) is 5.84 Å². The molecular formula is C14H19ClN2. The third-order valence-corrected chi connectivity index (χ3v) is 3.59. The van der Waals surface area contributed by atoms with Gasteiger partial charge in [0.15, 0.2) is 0 Å². The number of rotatable bonds is 3. The van der Waals surface area contributed by atoms with Crippen LogP contribution in [0.5, 0.6) is 0 Å². The summed E-state index contributed by atoms with van der Waals surface area (Å²) < 4.78 is 0. The molecule has 1 saturated carbocycles. The second kappa shape index (κ2) is 6.06. The number of aliphatic imine (C=N–C) groups is 1. The lowest BCUT2D eigenvalue weighted by atomic mass is 9.88. The molecule has 2 rings (SSSR count). The molecule has 0 unspecified atom stereocenters. The summed E-state index contributed by atoms with van der Waals surface area (Å²) in [5.74, 6) is 1.33. The highest BCUT2D eigenvalue weighted by Gasteiger charge is 2.16. The topological polar surface area (TPSA) is 38.4 Å². The number of nitrogens with two attached hydrogens (primary N) is 1. The van der Waals surface area contributed by atoms with Crippen LogP contribution in [0.4, 0.5) is 0 Å². The monoisotopic (exact) mass is 250 g/mol. The number of hydrogen-bond acceptors (Lipinski definition) is 1. The van der Waals surface area contributed by atoms with Crippen molar-refractivity contribution in [1.29, 1.82) is 0 Å². The average molecular weight is 251 g/mol. The minimum atomic E-state index is 0.503. The van der Waals surface area contributed by atoms with Gasteiger partial charge in [-0.3, -0.25) is 4.99 Å². The predicted octanol–water partition coefficient (Wildman–Crippen LogP) is 3.78. The van der Waals surface area contributed by atoms with E-state index in [0.717, 1.165) is 16.4 Å². The molecule has 17 heavy (non-hydrogen) atoms. The Bertz CT molecular complexity index is 395. The molecule has 0 bridgehead atoms. The van der Waals surface area contributed by atoms with Crippen molar-refractivity contribution in [3.63, 3.8) is 0 Å². The van der Waals surface area contributed by atoms with Gasteiger partial charge >= 0.3 is 0 Å². The first-order valence-corrected chi connectivity index (χ1v) is 6.68. The second-order valence-electron chi connectivity index (χ2n) is 4.71. The molecular weight excluding hydrogens is 232 g/mol. The molecule has 92 valence electrons. The van der Waals surface area contributed by atoms with Crippen molar-refractivity contribution in [1.82, 2.24) is 0 Å². The number of hydrogen-bond donors (Lipinski definition) is 1. The Labute approximate surface area is 108 Å². The van der Waals surface area contributed by atoms with Gasteiger partial charge in [0, 0.05) is 10.9 Å². The lowest BCUT2D eigenvalue weighted by Gasteiger charge is -2.20. The predicted molar refractivity (Wildman–Crippen MR) is 73.4 cm³/mol. The van der Waals surface area contributed by atoms with Gasteiger partial charge < -0.3 is 5.73 Å². The van der Waals surface area contributed by atoms with E-state index in [4.69, 9.17) is 17.3 Å². The van der Waals surface area contributed by atoms with E-state index in [1.807, 2.05) is 24.3 Å². The van der Waals surface area contributed by atoms with E-state index < -0.39 is 0 Å². The van der Waals surface area contributed by atoms with Gasteiger partial charge in [0.1, 0.15) is 0 Å². The van der Waals surface area contributed by atoms with Crippen molar-refractivity contribution in [2.45, 2.75) is 38.6 Å². The zero-order chi connectivity index (χ0) is 12.1. The van der Waals surface area contributed by atoms with Crippen LogP contribution in [0.2, 0.25) is 5.02 Å². The summed E-state index contributed by atoms with van der Waals surface area (Å²) >= 11 is 5.93. The Hall–Kier alpha value is -1.02. The first-order valence-electron chi connectivity index (χ1n) is 6.30. The highest BCUT2D eigenvalue weighted by Crippen LogP contribution is 2.23. The van der Waals surface area contributed by atoms with Gasteiger partial charge in [0.2, 0.25) is 0 Å². The van der Waals surface area contributed by atoms with Crippen LogP contribution in [0, 0.1) is 5.92 Å². The minimum Gasteiger partial charge on any atom is -0.387 e. The zero-order valence-electron chi connectivity index (χ0n) is 10.0. The van der Waals surface area contributed by atoms with Gasteiger partial charge in [-0.25, -0.2) is 0 Å². The van der Waals surface area contributed by atoms with Crippen LogP contribution < -0.4 is 5.73 Å². The van der Waals surface area contributed by atoms with Crippen molar-refractivity contribution in [2.75, 3.05) is 0 Å². The van der Waals surface area contributed by atoms with E-state index in [0.29, 0.717) is 12.5 Å². The molecule has 2 nitrogen and oxygen atoms in total. The van der Waals surface area contributed by atoms with Crippen LogP contribution in [0.1, 0.15) is 37.7 Å². The Morgan fingerprint density at radius 2 is 2.06 bits per heavy atom. The SMILES string of the molecule is NC(=NCc1cccc(Cl)c1)C1CCCCC1. The lowest BCUT2D eigenvalue weighted by molar-refractivity contribution is 0.436. The molecule has 1 fully saturated rings. The van der Waals surface area contributed by atoms with Crippen molar-refractivity contribution in [2.24, 2.45) is 16.6 Å². The Kier molecular flexibility index (Phi) is 4.43. The normalized spacial score (nSPS) is 18.3. The molecule has 1 aliphatic rings. The highest BCUT2D eigenvalue weighted by molar-refractivity contribution is 6.30. The maximum atomic E-state index is 6.05. The first-order chi connectivity index (χ1) is 8.25. The molecule has 0 heterocycles. The van der Waals surface area contributed by atoms with Crippen molar-refractivity contribution in [3.8, 4) is 0 Å². The van der Waals surface area contributed by atoms with Crippen molar-refractivity contribution in [3.05, 3.63) is 34.9 Å². The highest BCUT2D eigenvalue weighted by atomic mass is 35.5. The molecule has 0 aliphatic heterocycles. The number of halogens is 1. The Morgan fingerprint density at radius 1 is 1.29 bits per heavy atom. The number of benzene rings is 1. The lowest BCUT2D eigenvalue weighted by Crippen LogP contribution is -2.25. The van der Waals surface area contributed by atoms with E-state index in [1.54, 1.807) is 0 Å². The van der Waals surface area contributed by atoms with E-state index in [2.05, 4.69) is 4.99 Å². The molecule has 2 N–H and O–H groups in total. The first kappa shape index (κ1) is 12.4. The van der Waals surface area contributed by atoms with E-state index in [1.165, 1.54) is 32.1 Å². The summed E-state index contributed by atoms with van der Waals surface area (Å²) in [4.78, 5) is 4.49. The summed E-state index contributed by atoms with van der Waals surface area (Å²) in [6.07, 6.45) is 6.32. The average Bonchev–Trinajstić information content (AvgIpc) is 2.37. The van der Waals surface area contributed by atoms with Crippen LogP contribution in [-0.2, 0) is 6.54 Å². The minimum absolute atomic E-state index is 0.503. The number of amidine groups is 1. The zero-order valence-corrected chi connectivity index (χ0v) is 10.8. The van der Waals surface area contributed by atoms with E-state index in [9.17, 15) is 0 Å². The van der Waals surface area contributed by atoms with Crippen LogP contribution in [0.25, 0.3) is 0 Å². The van der Waals surface area contributed by atoms with Crippen molar-refractivity contribution < 1.29 is 0 Å². The third-order valence-electron chi connectivity index (χ3n) is 3.36. The van der Waals surface area contributed by atoms with Gasteiger partial charge in [0.25, 0.3) is 0 Å². The smallest absolute Gasteiger partial charge is 0.0972 e. The van der Waals surface area contributed by atoms with E-state index in [-0.39, 0.29) is 0 Å². The maximum Gasteiger partial charge on any atom is 0.0972 e. The summed E-state index contributed by atoms with van der Waals surface area (Å²) in [5, 5.41) is 0.758. The fourth-order valence-electron chi connectivity index (χ4n) is 2.35. The molecule has 0 radical (unpaired) electrons. The molecule has 0 aromatic heterocycles. The molecule has 1 aliphatic carbocycles. The quantitative estimate of drug-likeness (QED) is 0.644. The molecule has 0 amide bonds. The molecule has 0 spiro atoms. The van der Waals surface area contributed by atoms with Gasteiger partial charge in [-0.1, -0.05) is 43.0 Å². The maximum absolute atomic E-state index is 6.05. The number of nitrogens with zero attached hydrogens (tertiary/aromatic N) is 1. The van der Waals surface area contributed by atoms with E-state index >= 15 is 0 Å². The fourth-order valence-corrected chi connectivity index (χ4v) is 2.56. The molecule has 0 saturated heterocycles. The second-order valence-corrected chi connectivity index (χ2v) is 5.14. The summed E-state index contributed by atoms with van der Waals surface area (Å²) in [6.45, 7) is 0.642. The molecule has 3 heteroatoms. The summed E-state index contributed by atoms with van der Waals surface area (Å²) in [5.41, 5.74) is 7.17. The largest absolute Gasteiger partial charge is 0.387 e. The van der Waals surface area contributed by atoms with Crippen LogP contribution in [0.3, 0.4) is 0 Å². The van der Waals surface area contributed by atoms with Crippen LogP contribution in [0.15, 0.2) is 29.3 Å².